The first-order valence-electron chi connectivity index (χ1n) is 6.14. The van der Waals surface area contributed by atoms with Crippen molar-refractivity contribution in [2.75, 3.05) is 7.11 Å². The summed E-state index contributed by atoms with van der Waals surface area (Å²) in [7, 11) is 1.53. The van der Waals surface area contributed by atoms with Crippen LogP contribution in [0.2, 0.25) is 0 Å². The van der Waals surface area contributed by atoms with Crippen molar-refractivity contribution in [3.05, 3.63) is 53.1 Å². The van der Waals surface area contributed by atoms with Crippen molar-refractivity contribution in [1.82, 2.24) is 0 Å². The number of hydrogen-bond donors (Lipinski definition) is 1. The van der Waals surface area contributed by atoms with E-state index in [1.54, 1.807) is 30.3 Å². The minimum atomic E-state index is -0.0649. The Bertz CT molecular complexity index is 659. The van der Waals surface area contributed by atoms with Crippen molar-refractivity contribution in [3.8, 4) is 23.3 Å². The van der Waals surface area contributed by atoms with E-state index in [-0.39, 0.29) is 6.61 Å². The summed E-state index contributed by atoms with van der Waals surface area (Å²) in [4.78, 5) is 0. The molecule has 2 aromatic carbocycles. The third-order valence-electron chi connectivity index (χ3n) is 2.89. The number of nitriles is 1. The Kier molecular flexibility index (Phi) is 4.24. The van der Waals surface area contributed by atoms with Gasteiger partial charge in [0.05, 0.1) is 19.3 Å². The van der Waals surface area contributed by atoms with E-state index < -0.39 is 0 Å². The summed E-state index contributed by atoms with van der Waals surface area (Å²) in [5.74, 6) is 1.50. The van der Waals surface area contributed by atoms with E-state index in [1.165, 1.54) is 7.11 Å². The zero-order valence-corrected chi connectivity index (χ0v) is 11.4. The van der Waals surface area contributed by atoms with E-state index in [1.807, 2.05) is 13.0 Å². The molecule has 0 aliphatic carbocycles. The lowest BCUT2D eigenvalue weighted by atomic mass is 10.1. The molecule has 2 rings (SSSR count). The number of aryl methyl sites for hydroxylation is 1. The van der Waals surface area contributed by atoms with Gasteiger partial charge in [0.2, 0.25) is 0 Å². The Balaban J connectivity index is 2.37. The van der Waals surface area contributed by atoms with Crippen molar-refractivity contribution < 1.29 is 14.6 Å². The van der Waals surface area contributed by atoms with Crippen LogP contribution in [-0.2, 0) is 6.61 Å². The van der Waals surface area contributed by atoms with Gasteiger partial charge in [-0.05, 0) is 42.3 Å². The molecule has 0 unspecified atom stereocenters. The molecule has 4 heteroatoms. The standard InChI is InChI=1S/C16H15NO3/c1-11-3-5-14(13(7-11)9-17)20-15-6-4-12(10-18)8-16(15)19-2/h3-8,18H,10H2,1-2H3. The Morgan fingerprint density at radius 1 is 1.10 bits per heavy atom. The lowest BCUT2D eigenvalue weighted by molar-refractivity contribution is 0.280. The summed E-state index contributed by atoms with van der Waals surface area (Å²) in [6.45, 7) is 1.85. The van der Waals surface area contributed by atoms with E-state index in [0.29, 0.717) is 22.8 Å². The molecule has 0 aliphatic rings. The Hall–Kier alpha value is -2.51. The SMILES string of the molecule is COc1cc(CO)ccc1Oc1ccc(C)cc1C#N. The summed E-state index contributed by atoms with van der Waals surface area (Å²) >= 11 is 0. The first-order chi connectivity index (χ1) is 9.67. The number of ether oxygens (including phenoxy) is 2. The van der Waals surface area contributed by atoms with Gasteiger partial charge < -0.3 is 14.6 Å². The fourth-order valence-electron chi connectivity index (χ4n) is 1.83. The van der Waals surface area contributed by atoms with Crippen LogP contribution in [0.3, 0.4) is 0 Å². The van der Waals surface area contributed by atoms with Gasteiger partial charge in [-0.3, -0.25) is 0 Å². The van der Waals surface area contributed by atoms with Gasteiger partial charge in [-0.2, -0.15) is 5.26 Å². The fourth-order valence-corrected chi connectivity index (χ4v) is 1.83. The topological polar surface area (TPSA) is 62.5 Å². The highest BCUT2D eigenvalue weighted by atomic mass is 16.5. The molecule has 1 N–H and O–H groups in total. The lowest BCUT2D eigenvalue weighted by Crippen LogP contribution is -1.94. The molecule has 0 aliphatic heterocycles. The van der Waals surface area contributed by atoms with Gasteiger partial charge in [-0.25, -0.2) is 0 Å². The second-order valence-corrected chi connectivity index (χ2v) is 4.36. The van der Waals surface area contributed by atoms with Gasteiger partial charge in [0.1, 0.15) is 11.8 Å². The van der Waals surface area contributed by atoms with Gasteiger partial charge >= 0.3 is 0 Å². The number of benzene rings is 2. The largest absolute Gasteiger partial charge is 0.493 e. The predicted octanol–water partition coefficient (Wildman–Crippen LogP) is 3.16. The highest BCUT2D eigenvalue weighted by molar-refractivity contribution is 5.50. The average molecular weight is 269 g/mol. The van der Waals surface area contributed by atoms with Crippen molar-refractivity contribution in [2.24, 2.45) is 0 Å². The summed E-state index contributed by atoms with van der Waals surface area (Å²) < 4.78 is 11.0. The van der Waals surface area contributed by atoms with Crippen LogP contribution in [0.25, 0.3) is 0 Å². The molecule has 4 nitrogen and oxygen atoms in total. The first kappa shape index (κ1) is 13.9. The Labute approximate surface area is 117 Å². The van der Waals surface area contributed by atoms with Crippen LogP contribution in [0.1, 0.15) is 16.7 Å². The van der Waals surface area contributed by atoms with E-state index in [0.717, 1.165) is 11.1 Å². The van der Waals surface area contributed by atoms with Gasteiger partial charge in [0.15, 0.2) is 11.5 Å². The zero-order chi connectivity index (χ0) is 14.5. The molecule has 0 amide bonds. The molecule has 102 valence electrons. The third-order valence-corrected chi connectivity index (χ3v) is 2.89. The minimum Gasteiger partial charge on any atom is -0.493 e. The highest BCUT2D eigenvalue weighted by Gasteiger charge is 2.10. The van der Waals surface area contributed by atoms with E-state index in [4.69, 9.17) is 19.8 Å². The molecule has 0 heterocycles. The minimum absolute atomic E-state index is 0.0649. The van der Waals surface area contributed by atoms with E-state index >= 15 is 0 Å². The molecular weight excluding hydrogens is 254 g/mol. The van der Waals surface area contributed by atoms with Gasteiger partial charge in [0.25, 0.3) is 0 Å². The molecule has 0 saturated carbocycles. The van der Waals surface area contributed by atoms with Crippen LogP contribution in [0.5, 0.6) is 17.2 Å². The monoisotopic (exact) mass is 269 g/mol. The normalized spacial score (nSPS) is 9.90. The molecule has 0 saturated heterocycles. The molecule has 20 heavy (non-hydrogen) atoms. The molecular formula is C16H15NO3. The summed E-state index contributed by atoms with van der Waals surface area (Å²) in [6, 6.07) is 12.7. The Morgan fingerprint density at radius 3 is 2.50 bits per heavy atom. The van der Waals surface area contributed by atoms with E-state index in [2.05, 4.69) is 6.07 Å². The lowest BCUT2D eigenvalue weighted by Gasteiger charge is -2.12. The molecule has 0 bridgehead atoms. The van der Waals surface area contributed by atoms with Crippen LogP contribution < -0.4 is 9.47 Å². The summed E-state index contributed by atoms with van der Waals surface area (Å²) in [5.41, 5.74) is 2.20. The van der Waals surface area contributed by atoms with Gasteiger partial charge in [-0.1, -0.05) is 12.1 Å². The van der Waals surface area contributed by atoms with Gasteiger partial charge in [-0.15, -0.1) is 0 Å². The quantitative estimate of drug-likeness (QED) is 0.926. The molecule has 0 aromatic heterocycles. The summed E-state index contributed by atoms with van der Waals surface area (Å²) in [5, 5.41) is 18.2. The van der Waals surface area contributed by atoms with Crippen molar-refractivity contribution >= 4 is 0 Å². The van der Waals surface area contributed by atoms with Crippen LogP contribution >= 0.6 is 0 Å². The fraction of sp³-hybridized carbons (Fsp3) is 0.188. The van der Waals surface area contributed by atoms with Crippen LogP contribution in [0, 0.1) is 18.3 Å². The van der Waals surface area contributed by atoms with Crippen LogP contribution in [-0.4, -0.2) is 12.2 Å². The number of methoxy groups -OCH3 is 1. The molecule has 0 fully saturated rings. The number of aliphatic hydroxyl groups excluding tert-OH is 1. The van der Waals surface area contributed by atoms with Crippen LogP contribution in [0.4, 0.5) is 0 Å². The average Bonchev–Trinajstić information content (AvgIpc) is 2.49. The maximum absolute atomic E-state index is 9.14. The summed E-state index contributed by atoms with van der Waals surface area (Å²) in [6.07, 6.45) is 0. The smallest absolute Gasteiger partial charge is 0.169 e. The third kappa shape index (κ3) is 2.90. The number of nitrogens with zero attached hydrogens (tertiary/aromatic N) is 1. The Morgan fingerprint density at radius 2 is 1.85 bits per heavy atom. The molecule has 0 radical (unpaired) electrons. The van der Waals surface area contributed by atoms with Crippen LogP contribution in [0.15, 0.2) is 36.4 Å². The van der Waals surface area contributed by atoms with Crippen molar-refractivity contribution in [1.29, 1.82) is 5.26 Å². The van der Waals surface area contributed by atoms with Crippen molar-refractivity contribution in [2.45, 2.75) is 13.5 Å². The number of rotatable bonds is 4. The van der Waals surface area contributed by atoms with Crippen molar-refractivity contribution in [3.63, 3.8) is 0 Å². The zero-order valence-electron chi connectivity index (χ0n) is 11.4. The highest BCUT2D eigenvalue weighted by Crippen LogP contribution is 2.34. The van der Waals surface area contributed by atoms with Gasteiger partial charge in [0, 0.05) is 0 Å². The maximum atomic E-state index is 9.14. The molecule has 0 spiro atoms. The molecule has 0 atom stereocenters. The number of aliphatic hydroxyl groups is 1. The predicted molar refractivity (Wildman–Crippen MR) is 74.9 cm³/mol. The second kappa shape index (κ2) is 6.09. The first-order valence-corrected chi connectivity index (χ1v) is 6.14. The second-order valence-electron chi connectivity index (χ2n) is 4.36. The molecule has 2 aromatic rings. The maximum Gasteiger partial charge on any atom is 0.169 e. The number of hydrogen-bond acceptors (Lipinski definition) is 4. The van der Waals surface area contributed by atoms with E-state index in [9.17, 15) is 0 Å².